The van der Waals surface area contributed by atoms with Gasteiger partial charge in [0.2, 0.25) is 0 Å². The fourth-order valence-electron chi connectivity index (χ4n) is 3.88. The van der Waals surface area contributed by atoms with E-state index >= 15 is 0 Å². The molecule has 11 nitrogen and oxygen atoms in total. The second kappa shape index (κ2) is 8.95. The summed E-state index contributed by atoms with van der Waals surface area (Å²) in [5.41, 5.74) is 0.140. The number of carbonyl (C=O) groups excluding carboxylic acids is 2. The largest absolute Gasteiger partial charge is 0.425 e. The first-order valence-electron chi connectivity index (χ1n) is 10.9. The zero-order chi connectivity index (χ0) is 25.6. The molecule has 1 aliphatic heterocycles. The number of fused-ring (bicyclic) bond motifs is 1. The van der Waals surface area contributed by atoms with E-state index < -0.39 is 23.1 Å². The molecule has 0 spiro atoms. The third-order valence-electron chi connectivity index (χ3n) is 5.88. The molecule has 1 saturated heterocycles. The van der Waals surface area contributed by atoms with Crippen LogP contribution >= 0.6 is 12.2 Å². The number of imidazole rings is 1. The van der Waals surface area contributed by atoms with E-state index in [1.807, 2.05) is 0 Å². The van der Waals surface area contributed by atoms with Crippen molar-refractivity contribution in [2.75, 3.05) is 13.1 Å². The third-order valence-corrected chi connectivity index (χ3v) is 6.32. The second-order valence-electron chi connectivity index (χ2n) is 7.94. The molecule has 35 heavy (non-hydrogen) atoms. The van der Waals surface area contributed by atoms with Crippen molar-refractivity contribution in [2.45, 2.75) is 13.8 Å². The molecule has 0 saturated carbocycles. The number of nitrogens with zero attached hydrogens (tertiary/aromatic N) is 6. The molecule has 0 radical (unpaired) electrons. The Morgan fingerprint density at radius 1 is 0.886 bits per heavy atom. The van der Waals surface area contributed by atoms with Crippen LogP contribution in [0.2, 0.25) is 0 Å². The topological polar surface area (TPSA) is 112 Å². The highest BCUT2D eigenvalue weighted by Crippen LogP contribution is 2.25. The summed E-state index contributed by atoms with van der Waals surface area (Å²) in [6, 6.07) is 6.83. The molecule has 3 heterocycles. The molecule has 182 valence electrons. The number of aryl methyl sites for hydroxylation is 2. The molecular formula is C23H24N6O5S. The minimum Gasteiger partial charge on any atom is -0.425 e. The highest BCUT2D eigenvalue weighted by atomic mass is 32.1. The quantitative estimate of drug-likeness (QED) is 0.296. The van der Waals surface area contributed by atoms with Crippen molar-refractivity contribution in [1.82, 2.24) is 28.5 Å². The first-order chi connectivity index (χ1) is 16.6. The first kappa shape index (κ1) is 24.1. The molecule has 3 aromatic rings. The Balaban J connectivity index is 1.65. The van der Waals surface area contributed by atoms with Crippen molar-refractivity contribution >= 4 is 46.4 Å². The van der Waals surface area contributed by atoms with E-state index in [1.165, 1.54) is 39.1 Å². The molecule has 1 aliphatic rings. The van der Waals surface area contributed by atoms with Gasteiger partial charge in [-0.15, -0.1) is 0 Å². The van der Waals surface area contributed by atoms with E-state index in [1.54, 1.807) is 45.2 Å². The van der Waals surface area contributed by atoms with Gasteiger partial charge in [-0.3, -0.25) is 37.9 Å². The number of aromatic nitrogens is 4. The molecule has 4 rings (SSSR count). The van der Waals surface area contributed by atoms with Gasteiger partial charge in [0.15, 0.2) is 16.3 Å². The van der Waals surface area contributed by atoms with Crippen LogP contribution in [0.5, 0.6) is 11.8 Å². The van der Waals surface area contributed by atoms with E-state index in [2.05, 4.69) is 4.98 Å². The lowest BCUT2D eigenvalue weighted by Gasteiger charge is -2.35. The van der Waals surface area contributed by atoms with Gasteiger partial charge in [0.05, 0.1) is 0 Å². The van der Waals surface area contributed by atoms with Crippen molar-refractivity contribution in [3.8, 4) is 11.8 Å². The number of benzene rings is 1. The normalized spacial score (nSPS) is 14.3. The van der Waals surface area contributed by atoms with Crippen molar-refractivity contribution < 1.29 is 14.3 Å². The van der Waals surface area contributed by atoms with Crippen LogP contribution in [-0.4, -0.2) is 58.5 Å². The van der Waals surface area contributed by atoms with Crippen LogP contribution in [0, 0.1) is 0 Å². The van der Waals surface area contributed by atoms with Crippen molar-refractivity contribution in [3.63, 3.8) is 0 Å². The van der Waals surface area contributed by atoms with Crippen LogP contribution in [0.15, 0.2) is 39.4 Å². The Morgan fingerprint density at radius 2 is 1.46 bits per heavy atom. The smallest absolute Gasteiger partial charge is 0.332 e. The van der Waals surface area contributed by atoms with Crippen LogP contribution in [0.3, 0.4) is 0 Å². The Kier molecular flexibility index (Phi) is 6.15. The Morgan fingerprint density at radius 3 is 2.00 bits per heavy atom. The molecule has 2 amide bonds. The number of likely N-dealkylation sites (N-methyl/N-ethyl adjacent to an activating group) is 2. The lowest BCUT2D eigenvalue weighted by Crippen LogP contribution is -2.55. The summed E-state index contributed by atoms with van der Waals surface area (Å²) in [4.78, 5) is 57.5. The number of hydrogen-bond donors (Lipinski definition) is 0. The van der Waals surface area contributed by atoms with Gasteiger partial charge in [-0.2, -0.15) is 4.98 Å². The summed E-state index contributed by atoms with van der Waals surface area (Å²) in [7, 11) is 4.56. The highest BCUT2D eigenvalue weighted by Gasteiger charge is 2.37. The van der Waals surface area contributed by atoms with E-state index in [0.717, 1.165) is 4.57 Å². The van der Waals surface area contributed by atoms with Gasteiger partial charge in [-0.1, -0.05) is 12.1 Å². The van der Waals surface area contributed by atoms with Crippen LogP contribution < -0.4 is 16.0 Å². The SMILES string of the molecule is CCN1C(=O)C(=Cc2ccc(Oc3nc4c(c(=O)n(C)c(=O)n4C)n3C)cc2)C(=O)N(CC)C1=S. The Bertz CT molecular complexity index is 1500. The minimum atomic E-state index is -0.486. The average molecular weight is 497 g/mol. The van der Waals surface area contributed by atoms with Crippen molar-refractivity contribution in [3.05, 3.63) is 56.2 Å². The second-order valence-corrected chi connectivity index (χ2v) is 8.31. The number of hydrogen-bond acceptors (Lipinski definition) is 7. The standard InChI is InChI=1S/C23H24N6O5S/c1-6-28-18(30)15(19(31)29(7-2)23(28)35)12-13-8-10-14(11-9-13)34-21-24-17-16(25(21)3)20(32)27(5)22(33)26(17)4/h8-12H,6-7H2,1-5H3. The molecule has 0 bridgehead atoms. The molecular weight excluding hydrogens is 472 g/mol. The van der Waals surface area contributed by atoms with E-state index in [4.69, 9.17) is 17.0 Å². The van der Waals surface area contributed by atoms with Crippen LogP contribution in [0.1, 0.15) is 19.4 Å². The van der Waals surface area contributed by atoms with Crippen LogP contribution in [0.25, 0.3) is 17.2 Å². The zero-order valence-electron chi connectivity index (χ0n) is 19.9. The number of thiocarbonyl (C=S) groups is 1. The summed E-state index contributed by atoms with van der Waals surface area (Å²) in [5, 5.41) is 0.209. The zero-order valence-corrected chi connectivity index (χ0v) is 20.8. The van der Waals surface area contributed by atoms with E-state index in [-0.39, 0.29) is 27.9 Å². The summed E-state index contributed by atoms with van der Waals surface area (Å²) in [6.45, 7) is 4.31. The molecule has 1 aromatic carbocycles. The average Bonchev–Trinajstić information content (AvgIpc) is 3.16. The molecule has 0 N–H and O–H groups in total. The third kappa shape index (κ3) is 3.85. The van der Waals surface area contributed by atoms with Crippen molar-refractivity contribution in [1.29, 1.82) is 0 Å². The minimum absolute atomic E-state index is 0.0306. The number of amides is 2. The number of ether oxygens (including phenoxy) is 1. The summed E-state index contributed by atoms with van der Waals surface area (Å²) in [6.07, 6.45) is 1.52. The summed E-state index contributed by atoms with van der Waals surface area (Å²) >= 11 is 5.28. The monoisotopic (exact) mass is 496 g/mol. The first-order valence-corrected chi connectivity index (χ1v) is 11.3. The maximum Gasteiger partial charge on any atom is 0.332 e. The van der Waals surface area contributed by atoms with Crippen LogP contribution in [-0.2, 0) is 30.7 Å². The molecule has 0 atom stereocenters. The molecule has 0 unspecified atom stereocenters. The summed E-state index contributed by atoms with van der Waals surface area (Å²) in [5.74, 6) is -0.445. The van der Waals surface area contributed by atoms with E-state index in [9.17, 15) is 19.2 Å². The molecule has 1 fully saturated rings. The van der Waals surface area contributed by atoms with Gasteiger partial charge in [-0.25, -0.2) is 4.79 Å². The number of rotatable bonds is 5. The van der Waals surface area contributed by atoms with Crippen LogP contribution in [0.4, 0.5) is 0 Å². The van der Waals surface area contributed by atoms with Gasteiger partial charge >= 0.3 is 11.7 Å². The van der Waals surface area contributed by atoms with Gasteiger partial charge in [0, 0.05) is 34.2 Å². The highest BCUT2D eigenvalue weighted by molar-refractivity contribution is 7.80. The maximum atomic E-state index is 12.8. The lowest BCUT2D eigenvalue weighted by molar-refractivity contribution is -0.133. The Labute approximate surface area is 205 Å². The lowest BCUT2D eigenvalue weighted by atomic mass is 10.1. The number of carbonyl (C=O) groups is 2. The fourth-order valence-corrected chi connectivity index (χ4v) is 4.30. The predicted octanol–water partition coefficient (Wildman–Crippen LogP) is 1.14. The molecule has 2 aromatic heterocycles. The molecule has 0 aliphatic carbocycles. The fraction of sp³-hybridized carbons (Fsp3) is 0.304. The Hall–Kier alpha value is -4.06. The molecule has 12 heteroatoms. The summed E-state index contributed by atoms with van der Waals surface area (Å²) < 4.78 is 9.62. The predicted molar refractivity (Wildman–Crippen MR) is 133 cm³/mol. The van der Waals surface area contributed by atoms with Gasteiger partial charge in [0.1, 0.15) is 11.3 Å². The van der Waals surface area contributed by atoms with E-state index in [0.29, 0.717) is 24.4 Å². The van der Waals surface area contributed by atoms with Gasteiger partial charge in [-0.05, 0) is 49.8 Å². The van der Waals surface area contributed by atoms with Gasteiger partial charge in [0.25, 0.3) is 17.4 Å². The van der Waals surface area contributed by atoms with Crippen molar-refractivity contribution in [2.24, 2.45) is 21.1 Å². The van der Waals surface area contributed by atoms with Gasteiger partial charge < -0.3 is 4.74 Å². The maximum absolute atomic E-state index is 12.8.